The second-order valence-electron chi connectivity index (χ2n) is 6.73. The smallest absolute Gasteiger partial charge is 0.245 e. The van der Waals surface area contributed by atoms with Gasteiger partial charge in [-0.3, -0.25) is 14.3 Å². The number of nitrogens with zero attached hydrogens (tertiary/aromatic N) is 3. The first-order valence-electron chi connectivity index (χ1n) is 8.96. The van der Waals surface area contributed by atoms with Crippen molar-refractivity contribution in [3.8, 4) is 0 Å². The highest BCUT2D eigenvalue weighted by molar-refractivity contribution is 5.89. The van der Waals surface area contributed by atoms with Crippen LogP contribution in [-0.2, 0) is 21.4 Å². The molecule has 146 valence electrons. The lowest BCUT2D eigenvalue weighted by Gasteiger charge is -2.31. The molecule has 0 spiro atoms. The van der Waals surface area contributed by atoms with Gasteiger partial charge in [-0.2, -0.15) is 5.10 Å². The van der Waals surface area contributed by atoms with Gasteiger partial charge in [-0.1, -0.05) is 6.92 Å². The number of carbonyl (C=O) groups is 2. The van der Waals surface area contributed by atoms with Crippen molar-refractivity contribution in [2.45, 2.75) is 25.3 Å². The first-order chi connectivity index (χ1) is 12.1. The number of halogens is 1. The van der Waals surface area contributed by atoms with E-state index in [4.69, 9.17) is 4.74 Å². The van der Waals surface area contributed by atoms with Crippen molar-refractivity contribution in [3.05, 3.63) is 18.0 Å². The van der Waals surface area contributed by atoms with Crippen LogP contribution in [0.1, 0.15) is 24.8 Å². The van der Waals surface area contributed by atoms with Crippen LogP contribution in [0.2, 0.25) is 0 Å². The molecule has 2 aliphatic heterocycles. The number of nitrogens with one attached hydrogen (secondary N) is 2. The van der Waals surface area contributed by atoms with E-state index in [9.17, 15) is 9.59 Å². The highest BCUT2D eigenvalue weighted by Gasteiger charge is 2.36. The fourth-order valence-electron chi connectivity index (χ4n) is 3.56. The topological polar surface area (TPSA) is 88.5 Å². The lowest BCUT2D eigenvalue weighted by Crippen LogP contribution is -2.52. The summed E-state index contributed by atoms with van der Waals surface area (Å²) < 4.78 is 7.04. The number of hydrogen-bond donors (Lipinski definition) is 2. The predicted molar refractivity (Wildman–Crippen MR) is 99.2 cm³/mol. The Morgan fingerprint density at radius 2 is 2.12 bits per heavy atom. The van der Waals surface area contributed by atoms with E-state index >= 15 is 0 Å². The molecule has 2 amide bonds. The lowest BCUT2D eigenvalue weighted by atomic mass is 9.90. The fourth-order valence-corrected chi connectivity index (χ4v) is 3.56. The van der Waals surface area contributed by atoms with Gasteiger partial charge < -0.3 is 20.3 Å². The first-order valence-corrected chi connectivity index (χ1v) is 8.96. The van der Waals surface area contributed by atoms with Crippen LogP contribution in [0.3, 0.4) is 0 Å². The Bertz CT molecular complexity index is 617. The van der Waals surface area contributed by atoms with E-state index in [1.807, 2.05) is 26.4 Å². The minimum absolute atomic E-state index is 0. The zero-order valence-corrected chi connectivity index (χ0v) is 16.1. The van der Waals surface area contributed by atoms with Crippen LogP contribution in [-0.4, -0.2) is 71.9 Å². The molecule has 2 fully saturated rings. The van der Waals surface area contributed by atoms with Crippen molar-refractivity contribution in [1.82, 2.24) is 25.3 Å². The molecule has 0 saturated carbocycles. The Balaban J connectivity index is 0.00000243. The predicted octanol–water partition coefficient (Wildman–Crippen LogP) is -0.101. The van der Waals surface area contributed by atoms with E-state index in [1.165, 1.54) is 0 Å². The number of rotatable bonds is 5. The number of ether oxygens (including phenoxy) is 1. The maximum Gasteiger partial charge on any atom is 0.245 e. The van der Waals surface area contributed by atoms with Crippen LogP contribution in [0.25, 0.3) is 0 Å². The molecule has 9 heteroatoms. The molecule has 3 rings (SSSR count). The molecular formula is C17H28ClN5O3. The summed E-state index contributed by atoms with van der Waals surface area (Å²) in [7, 11) is 1.87. The van der Waals surface area contributed by atoms with E-state index < -0.39 is 6.04 Å². The molecule has 2 saturated heterocycles. The zero-order chi connectivity index (χ0) is 17.8. The van der Waals surface area contributed by atoms with Crippen molar-refractivity contribution >= 4 is 24.2 Å². The third kappa shape index (κ3) is 4.55. The molecule has 3 atom stereocenters. The third-order valence-electron chi connectivity index (χ3n) is 5.05. The minimum Gasteiger partial charge on any atom is -0.378 e. The summed E-state index contributed by atoms with van der Waals surface area (Å²) in [5.74, 6) is -0.171. The van der Waals surface area contributed by atoms with E-state index in [-0.39, 0.29) is 36.1 Å². The zero-order valence-electron chi connectivity index (χ0n) is 15.3. The summed E-state index contributed by atoms with van der Waals surface area (Å²) in [6.45, 7) is 5.60. The first kappa shape index (κ1) is 20.7. The molecule has 2 N–H and O–H groups in total. The maximum absolute atomic E-state index is 12.8. The SMILES string of the molecule is CCC(NC(=O)[C@H]1CNC[C@@H]1c1cnn(C)c1)C(=O)N1CCOCC1.Cl. The molecule has 3 heterocycles. The highest BCUT2D eigenvalue weighted by Crippen LogP contribution is 2.28. The third-order valence-corrected chi connectivity index (χ3v) is 5.05. The monoisotopic (exact) mass is 385 g/mol. The van der Waals surface area contributed by atoms with E-state index in [0.717, 1.165) is 12.1 Å². The average molecular weight is 386 g/mol. The average Bonchev–Trinajstić information content (AvgIpc) is 3.28. The number of aromatic nitrogens is 2. The number of morpholine rings is 1. The summed E-state index contributed by atoms with van der Waals surface area (Å²) in [6, 6.07) is -0.472. The number of hydrogen-bond acceptors (Lipinski definition) is 5. The van der Waals surface area contributed by atoms with Crippen molar-refractivity contribution in [2.24, 2.45) is 13.0 Å². The number of aryl methyl sites for hydroxylation is 1. The molecule has 26 heavy (non-hydrogen) atoms. The van der Waals surface area contributed by atoms with Gasteiger partial charge in [0.1, 0.15) is 6.04 Å². The van der Waals surface area contributed by atoms with Crippen LogP contribution in [0, 0.1) is 5.92 Å². The van der Waals surface area contributed by atoms with Gasteiger partial charge in [0.25, 0.3) is 0 Å². The summed E-state index contributed by atoms with van der Waals surface area (Å²) in [4.78, 5) is 27.3. The molecule has 0 bridgehead atoms. The minimum atomic E-state index is -0.472. The van der Waals surface area contributed by atoms with Gasteiger partial charge in [0, 0.05) is 45.3 Å². The van der Waals surface area contributed by atoms with Crippen molar-refractivity contribution in [1.29, 1.82) is 0 Å². The van der Waals surface area contributed by atoms with Gasteiger partial charge in [-0.05, 0) is 12.0 Å². The van der Waals surface area contributed by atoms with Crippen molar-refractivity contribution in [2.75, 3.05) is 39.4 Å². The molecule has 1 aromatic heterocycles. The summed E-state index contributed by atoms with van der Waals surface area (Å²) in [6.07, 6.45) is 4.35. The molecule has 2 aliphatic rings. The second kappa shape index (κ2) is 9.34. The lowest BCUT2D eigenvalue weighted by molar-refractivity contribution is -0.140. The maximum atomic E-state index is 12.8. The normalized spacial score (nSPS) is 24.0. The van der Waals surface area contributed by atoms with E-state index in [1.54, 1.807) is 9.58 Å². The largest absolute Gasteiger partial charge is 0.378 e. The van der Waals surface area contributed by atoms with Crippen LogP contribution in [0.4, 0.5) is 0 Å². The van der Waals surface area contributed by atoms with Gasteiger partial charge in [-0.15, -0.1) is 12.4 Å². The summed E-state index contributed by atoms with van der Waals surface area (Å²) >= 11 is 0. The van der Waals surface area contributed by atoms with Crippen LogP contribution < -0.4 is 10.6 Å². The molecule has 1 aromatic rings. The molecule has 1 unspecified atom stereocenters. The fraction of sp³-hybridized carbons (Fsp3) is 0.706. The summed E-state index contributed by atoms with van der Waals surface area (Å²) in [5, 5.41) is 10.5. The van der Waals surface area contributed by atoms with E-state index in [0.29, 0.717) is 39.3 Å². The van der Waals surface area contributed by atoms with Crippen LogP contribution in [0.15, 0.2) is 12.4 Å². The van der Waals surface area contributed by atoms with Crippen molar-refractivity contribution in [3.63, 3.8) is 0 Å². The van der Waals surface area contributed by atoms with Crippen LogP contribution in [0.5, 0.6) is 0 Å². The Kier molecular flexibility index (Phi) is 7.43. The molecule has 0 aromatic carbocycles. The summed E-state index contributed by atoms with van der Waals surface area (Å²) in [5.41, 5.74) is 1.06. The Morgan fingerprint density at radius 3 is 2.73 bits per heavy atom. The van der Waals surface area contributed by atoms with Gasteiger partial charge in [0.2, 0.25) is 11.8 Å². The highest BCUT2D eigenvalue weighted by atomic mass is 35.5. The Morgan fingerprint density at radius 1 is 1.38 bits per heavy atom. The van der Waals surface area contributed by atoms with Gasteiger partial charge >= 0.3 is 0 Å². The second-order valence-corrected chi connectivity index (χ2v) is 6.73. The van der Waals surface area contributed by atoms with E-state index in [2.05, 4.69) is 15.7 Å². The standard InChI is InChI=1S/C17H27N5O3.ClH/c1-3-15(17(24)22-4-6-25-7-5-22)20-16(23)14-10-18-9-13(14)12-8-19-21(2)11-12;/h8,11,13-15,18H,3-7,9-10H2,1-2H3,(H,20,23);1H/t13-,14+,15?;/m1./s1. The molecule has 0 aliphatic carbocycles. The Labute approximate surface area is 160 Å². The van der Waals surface area contributed by atoms with Crippen LogP contribution >= 0.6 is 12.4 Å². The molecular weight excluding hydrogens is 358 g/mol. The van der Waals surface area contributed by atoms with Gasteiger partial charge in [-0.25, -0.2) is 0 Å². The number of carbonyl (C=O) groups excluding carboxylic acids is 2. The van der Waals surface area contributed by atoms with Gasteiger partial charge in [0.05, 0.1) is 25.3 Å². The van der Waals surface area contributed by atoms with Crippen molar-refractivity contribution < 1.29 is 14.3 Å². The van der Waals surface area contributed by atoms with Gasteiger partial charge in [0.15, 0.2) is 0 Å². The Hall–Kier alpha value is -1.64. The number of amides is 2. The molecule has 0 radical (unpaired) electrons. The quantitative estimate of drug-likeness (QED) is 0.738. The molecule has 8 nitrogen and oxygen atoms in total.